The molecule has 0 aromatic heterocycles. The molecule has 0 aliphatic heterocycles. The highest BCUT2D eigenvalue weighted by atomic mass is 32.2. The summed E-state index contributed by atoms with van der Waals surface area (Å²) in [6.45, 7) is 2.56. The van der Waals surface area contributed by atoms with Crippen molar-refractivity contribution in [3.8, 4) is 0 Å². The lowest BCUT2D eigenvalue weighted by atomic mass is 10.1. The molecule has 0 fully saturated rings. The molecule has 196 valence electrons. The molecule has 0 spiro atoms. The molecule has 12 N–H and O–H groups in total. The summed E-state index contributed by atoms with van der Waals surface area (Å²) in [6, 6.07) is -5.22. The van der Waals surface area contributed by atoms with Gasteiger partial charge in [0.25, 0.3) is 0 Å². The van der Waals surface area contributed by atoms with Crippen LogP contribution in [0.15, 0.2) is 4.99 Å². The van der Waals surface area contributed by atoms with Crippen molar-refractivity contribution in [1.82, 2.24) is 16.0 Å². The van der Waals surface area contributed by atoms with Crippen LogP contribution in [-0.2, 0) is 19.2 Å². The number of aliphatic carboxylic acids is 1. The number of aliphatic hydroxyl groups is 2. The molecule has 0 aromatic carbocycles. The first-order valence-corrected chi connectivity index (χ1v) is 12.0. The number of nitrogens with zero attached hydrogens (tertiary/aromatic N) is 1. The Labute approximate surface area is 202 Å². The fraction of sp³-hybridized carbons (Fsp3) is 0.737. The largest absolute Gasteiger partial charge is 0.480 e. The number of nitrogens with one attached hydrogen (secondary N) is 3. The summed E-state index contributed by atoms with van der Waals surface area (Å²) >= 11 is 1.51. The molecular weight excluding hydrogens is 470 g/mol. The van der Waals surface area contributed by atoms with Crippen molar-refractivity contribution in [3.05, 3.63) is 0 Å². The quantitative estimate of drug-likeness (QED) is 0.0560. The Morgan fingerprint density at radius 1 is 0.912 bits per heavy atom. The number of aliphatic imine (C=N–C) groups is 1. The van der Waals surface area contributed by atoms with Crippen LogP contribution >= 0.6 is 11.8 Å². The maximum atomic E-state index is 12.9. The average molecular weight is 508 g/mol. The topological polar surface area (TPSA) is 255 Å². The van der Waals surface area contributed by atoms with Crippen LogP contribution in [0, 0.1) is 0 Å². The number of guanidine groups is 1. The molecule has 6 unspecified atom stereocenters. The van der Waals surface area contributed by atoms with E-state index in [1.54, 1.807) is 0 Å². The molecule has 3 amide bonds. The summed E-state index contributed by atoms with van der Waals surface area (Å²) in [6.07, 6.45) is -0.234. The van der Waals surface area contributed by atoms with Gasteiger partial charge in [0.05, 0.1) is 18.2 Å². The van der Waals surface area contributed by atoms with Gasteiger partial charge >= 0.3 is 5.97 Å². The van der Waals surface area contributed by atoms with E-state index in [9.17, 15) is 29.4 Å². The zero-order valence-electron chi connectivity index (χ0n) is 19.6. The van der Waals surface area contributed by atoms with E-state index in [4.69, 9.17) is 22.3 Å². The van der Waals surface area contributed by atoms with Crippen LogP contribution in [0.3, 0.4) is 0 Å². The first-order chi connectivity index (χ1) is 15.8. The predicted octanol–water partition coefficient (Wildman–Crippen LogP) is -3.58. The molecule has 15 heteroatoms. The molecule has 0 heterocycles. The number of thioether (sulfide) groups is 1. The molecular formula is C19H37N7O7S. The normalized spacial score (nSPS) is 16.2. The van der Waals surface area contributed by atoms with E-state index in [0.717, 1.165) is 6.92 Å². The minimum absolute atomic E-state index is 0.0865. The Kier molecular flexibility index (Phi) is 14.8. The number of rotatable bonds is 16. The van der Waals surface area contributed by atoms with Crippen LogP contribution in [0.5, 0.6) is 0 Å². The molecule has 14 nitrogen and oxygen atoms in total. The minimum atomic E-state index is -1.66. The Morgan fingerprint density at radius 2 is 1.47 bits per heavy atom. The SMILES string of the molecule is CSCCC(N)C(=O)NC(CCCN=C(N)N)C(=O)NC(C(=O)NC(C(=O)O)C(C)O)C(C)O. The summed E-state index contributed by atoms with van der Waals surface area (Å²) in [5, 5.41) is 35.6. The number of hydrogen-bond acceptors (Lipinski definition) is 9. The summed E-state index contributed by atoms with van der Waals surface area (Å²) in [5.74, 6) is -3.41. The lowest BCUT2D eigenvalue weighted by Gasteiger charge is -2.27. The Bertz CT molecular complexity index is 717. The van der Waals surface area contributed by atoms with Gasteiger partial charge in [-0.25, -0.2) is 4.79 Å². The van der Waals surface area contributed by atoms with Gasteiger partial charge in [-0.15, -0.1) is 0 Å². The van der Waals surface area contributed by atoms with Crippen molar-refractivity contribution < 1.29 is 34.5 Å². The predicted molar refractivity (Wildman–Crippen MR) is 128 cm³/mol. The van der Waals surface area contributed by atoms with Crippen molar-refractivity contribution in [1.29, 1.82) is 0 Å². The highest BCUT2D eigenvalue weighted by molar-refractivity contribution is 7.98. The van der Waals surface area contributed by atoms with Gasteiger partial charge in [0.2, 0.25) is 17.7 Å². The number of amides is 3. The third kappa shape index (κ3) is 12.0. The number of carboxylic acid groups (broad SMARTS) is 1. The number of hydrogen-bond donors (Lipinski definition) is 9. The van der Waals surface area contributed by atoms with Gasteiger partial charge < -0.3 is 48.5 Å². The van der Waals surface area contributed by atoms with E-state index in [-0.39, 0.29) is 18.9 Å². The third-order valence-electron chi connectivity index (χ3n) is 4.66. The van der Waals surface area contributed by atoms with Crippen molar-refractivity contribution >= 4 is 41.4 Å². The zero-order valence-corrected chi connectivity index (χ0v) is 20.4. The maximum Gasteiger partial charge on any atom is 0.328 e. The van der Waals surface area contributed by atoms with Gasteiger partial charge in [-0.1, -0.05) is 0 Å². The van der Waals surface area contributed by atoms with Crippen molar-refractivity contribution in [2.75, 3.05) is 18.6 Å². The maximum absolute atomic E-state index is 12.9. The highest BCUT2D eigenvalue weighted by Gasteiger charge is 2.33. The molecule has 6 atom stereocenters. The van der Waals surface area contributed by atoms with E-state index >= 15 is 0 Å². The second-order valence-corrected chi connectivity index (χ2v) is 8.68. The molecule has 0 aliphatic rings. The molecule has 0 bridgehead atoms. The number of carboxylic acids is 1. The van der Waals surface area contributed by atoms with Crippen LogP contribution in [0.2, 0.25) is 0 Å². The molecule has 0 aliphatic carbocycles. The molecule has 0 rings (SSSR count). The van der Waals surface area contributed by atoms with Crippen molar-refractivity contribution in [3.63, 3.8) is 0 Å². The number of carbonyl (C=O) groups is 4. The third-order valence-corrected chi connectivity index (χ3v) is 5.30. The minimum Gasteiger partial charge on any atom is -0.480 e. The second-order valence-electron chi connectivity index (χ2n) is 7.69. The number of carbonyl (C=O) groups excluding carboxylic acids is 3. The first-order valence-electron chi connectivity index (χ1n) is 10.6. The average Bonchev–Trinajstić information content (AvgIpc) is 2.74. The van der Waals surface area contributed by atoms with E-state index in [1.165, 1.54) is 18.7 Å². The monoisotopic (exact) mass is 507 g/mol. The lowest BCUT2D eigenvalue weighted by Crippen LogP contribution is -2.60. The van der Waals surface area contributed by atoms with E-state index in [1.807, 2.05) is 6.26 Å². The van der Waals surface area contributed by atoms with Crippen LogP contribution in [0.4, 0.5) is 0 Å². The molecule has 0 aromatic rings. The molecule has 0 radical (unpaired) electrons. The number of nitrogens with two attached hydrogens (primary N) is 3. The summed E-state index contributed by atoms with van der Waals surface area (Å²) in [5.41, 5.74) is 16.4. The van der Waals surface area contributed by atoms with Gasteiger partial charge in [-0.3, -0.25) is 19.4 Å². The Morgan fingerprint density at radius 3 is 1.94 bits per heavy atom. The molecule has 0 saturated carbocycles. The fourth-order valence-corrected chi connectivity index (χ4v) is 3.21. The molecule has 0 saturated heterocycles. The summed E-state index contributed by atoms with van der Waals surface area (Å²) < 4.78 is 0. The first kappa shape index (κ1) is 31.4. The zero-order chi connectivity index (χ0) is 26.4. The fourth-order valence-electron chi connectivity index (χ4n) is 2.72. The Balaban J connectivity index is 5.48. The summed E-state index contributed by atoms with van der Waals surface area (Å²) in [7, 11) is 0. The van der Waals surface area contributed by atoms with Gasteiger partial charge in [-0.2, -0.15) is 11.8 Å². The second kappa shape index (κ2) is 16.1. The van der Waals surface area contributed by atoms with Gasteiger partial charge in [0, 0.05) is 6.54 Å². The Hall–Kier alpha value is -2.62. The van der Waals surface area contributed by atoms with E-state index < -0.39 is 60.1 Å². The summed E-state index contributed by atoms with van der Waals surface area (Å²) in [4.78, 5) is 52.9. The lowest BCUT2D eigenvalue weighted by molar-refractivity contribution is -0.146. The highest BCUT2D eigenvalue weighted by Crippen LogP contribution is 2.05. The van der Waals surface area contributed by atoms with Crippen LogP contribution in [0.1, 0.15) is 33.1 Å². The van der Waals surface area contributed by atoms with Gasteiger partial charge in [-0.05, 0) is 45.1 Å². The van der Waals surface area contributed by atoms with Gasteiger partial charge in [0.1, 0.15) is 12.1 Å². The van der Waals surface area contributed by atoms with Crippen molar-refractivity contribution in [2.45, 2.75) is 69.5 Å². The van der Waals surface area contributed by atoms with Gasteiger partial charge in [0.15, 0.2) is 12.0 Å². The molecule has 34 heavy (non-hydrogen) atoms. The van der Waals surface area contributed by atoms with Crippen LogP contribution in [0.25, 0.3) is 0 Å². The van der Waals surface area contributed by atoms with Crippen molar-refractivity contribution in [2.24, 2.45) is 22.2 Å². The van der Waals surface area contributed by atoms with E-state index in [0.29, 0.717) is 18.6 Å². The number of aliphatic hydroxyl groups excluding tert-OH is 2. The van der Waals surface area contributed by atoms with Crippen LogP contribution in [-0.4, -0.2) is 99.9 Å². The van der Waals surface area contributed by atoms with Crippen LogP contribution < -0.4 is 33.2 Å². The standard InChI is InChI=1S/C19H37N7O7S/c1-9(27)13(17(31)26-14(10(2)28)18(32)33)25-16(30)12(5-4-7-23-19(21)22)24-15(29)11(20)6-8-34-3/h9-14,27-28H,4-8,20H2,1-3H3,(H,24,29)(H,25,30)(H,26,31)(H,32,33)(H4,21,22,23). The van der Waals surface area contributed by atoms with E-state index in [2.05, 4.69) is 20.9 Å². The smallest absolute Gasteiger partial charge is 0.328 e.